The van der Waals surface area contributed by atoms with Crippen LogP contribution in [0.3, 0.4) is 0 Å². The monoisotopic (exact) mass is 290 g/mol. The van der Waals surface area contributed by atoms with Crippen molar-refractivity contribution in [1.29, 1.82) is 0 Å². The zero-order valence-electron chi connectivity index (χ0n) is 11.1. The first-order chi connectivity index (χ1) is 9.49. The van der Waals surface area contributed by atoms with Gasteiger partial charge in [-0.05, 0) is 19.8 Å². The highest BCUT2D eigenvalue weighted by molar-refractivity contribution is 5.43. The Kier molecular flexibility index (Phi) is 4.64. The van der Waals surface area contributed by atoms with Gasteiger partial charge in [0, 0.05) is 25.8 Å². The Morgan fingerprint density at radius 3 is 2.75 bits per heavy atom. The number of halogens is 3. The van der Waals surface area contributed by atoms with Gasteiger partial charge in [-0.3, -0.25) is 0 Å². The fourth-order valence-electron chi connectivity index (χ4n) is 1.94. The Morgan fingerprint density at radius 2 is 2.15 bits per heavy atom. The predicted octanol–water partition coefficient (Wildman–Crippen LogP) is 2.52. The van der Waals surface area contributed by atoms with Gasteiger partial charge in [0.25, 0.3) is 0 Å². The molecule has 1 atom stereocenters. The second kappa shape index (κ2) is 6.25. The van der Waals surface area contributed by atoms with Crippen LogP contribution in [0.25, 0.3) is 0 Å². The van der Waals surface area contributed by atoms with Crippen molar-refractivity contribution in [2.75, 3.05) is 30.3 Å². The van der Waals surface area contributed by atoms with Gasteiger partial charge in [-0.1, -0.05) is 0 Å². The molecule has 112 valence electrons. The standard InChI is InChI=1S/C12H17F3N4O/c1-2-16-11-18-9(12(13,14)15)6-10(19-11)17-7-8-4-3-5-20-8/h6,8H,2-5,7H2,1H3,(H2,16,17,18,19). The number of nitrogens with zero attached hydrogens (tertiary/aromatic N) is 2. The third-order valence-corrected chi connectivity index (χ3v) is 2.89. The zero-order chi connectivity index (χ0) is 14.6. The number of hydrogen-bond acceptors (Lipinski definition) is 5. The molecular formula is C12H17F3N4O. The molecule has 0 radical (unpaired) electrons. The molecule has 2 N–H and O–H groups in total. The van der Waals surface area contributed by atoms with Gasteiger partial charge in [-0.15, -0.1) is 0 Å². The van der Waals surface area contributed by atoms with Gasteiger partial charge in [0.15, 0.2) is 5.69 Å². The lowest BCUT2D eigenvalue weighted by Gasteiger charge is -2.14. The Bertz CT molecular complexity index is 447. The summed E-state index contributed by atoms with van der Waals surface area (Å²) < 4.78 is 43.7. The quantitative estimate of drug-likeness (QED) is 0.872. The lowest BCUT2D eigenvalue weighted by atomic mass is 10.2. The topological polar surface area (TPSA) is 59.1 Å². The highest BCUT2D eigenvalue weighted by atomic mass is 19.4. The molecule has 1 aromatic heterocycles. The van der Waals surface area contributed by atoms with E-state index < -0.39 is 11.9 Å². The van der Waals surface area contributed by atoms with Crippen molar-refractivity contribution in [3.63, 3.8) is 0 Å². The first kappa shape index (κ1) is 14.8. The van der Waals surface area contributed by atoms with E-state index in [0.717, 1.165) is 18.9 Å². The highest BCUT2D eigenvalue weighted by Gasteiger charge is 2.33. The van der Waals surface area contributed by atoms with Crippen LogP contribution >= 0.6 is 0 Å². The van der Waals surface area contributed by atoms with Crippen LogP contribution in [-0.2, 0) is 10.9 Å². The minimum atomic E-state index is -4.49. The number of ether oxygens (including phenoxy) is 1. The van der Waals surface area contributed by atoms with E-state index in [4.69, 9.17) is 4.74 Å². The third kappa shape index (κ3) is 3.96. The summed E-state index contributed by atoms with van der Waals surface area (Å²) in [6.45, 7) is 3.36. The maximum atomic E-state index is 12.8. The maximum absolute atomic E-state index is 12.8. The van der Waals surface area contributed by atoms with Gasteiger partial charge < -0.3 is 15.4 Å². The first-order valence-electron chi connectivity index (χ1n) is 6.54. The molecule has 0 spiro atoms. The van der Waals surface area contributed by atoms with Crippen molar-refractivity contribution >= 4 is 11.8 Å². The van der Waals surface area contributed by atoms with Gasteiger partial charge in [0.05, 0.1) is 6.10 Å². The Hall–Kier alpha value is -1.57. The van der Waals surface area contributed by atoms with Crippen molar-refractivity contribution in [2.45, 2.75) is 32.0 Å². The van der Waals surface area contributed by atoms with Crippen LogP contribution in [-0.4, -0.2) is 35.8 Å². The summed E-state index contributed by atoms with van der Waals surface area (Å²) >= 11 is 0. The second-order valence-corrected chi connectivity index (χ2v) is 4.51. The first-order valence-corrected chi connectivity index (χ1v) is 6.54. The molecule has 0 amide bonds. The summed E-state index contributed by atoms with van der Waals surface area (Å²) in [5.74, 6) is 0.121. The van der Waals surface area contributed by atoms with Crippen LogP contribution in [0.5, 0.6) is 0 Å². The van der Waals surface area contributed by atoms with Crippen LogP contribution < -0.4 is 10.6 Å². The minimum absolute atomic E-state index is 0.0295. The maximum Gasteiger partial charge on any atom is 0.433 e. The average Bonchev–Trinajstić information content (AvgIpc) is 2.88. The summed E-state index contributed by atoms with van der Waals surface area (Å²) in [5.41, 5.74) is -0.960. The fourth-order valence-corrected chi connectivity index (χ4v) is 1.94. The van der Waals surface area contributed by atoms with Crippen LogP contribution in [0.4, 0.5) is 24.9 Å². The van der Waals surface area contributed by atoms with E-state index in [2.05, 4.69) is 20.6 Å². The van der Waals surface area contributed by atoms with E-state index >= 15 is 0 Å². The molecular weight excluding hydrogens is 273 g/mol. The molecule has 1 unspecified atom stereocenters. The summed E-state index contributed by atoms with van der Waals surface area (Å²) in [6.07, 6.45) is -2.58. The lowest BCUT2D eigenvalue weighted by Crippen LogP contribution is -2.20. The van der Waals surface area contributed by atoms with E-state index in [0.29, 0.717) is 19.7 Å². The number of nitrogens with one attached hydrogen (secondary N) is 2. The number of aromatic nitrogens is 2. The molecule has 5 nitrogen and oxygen atoms in total. The molecule has 8 heteroatoms. The van der Waals surface area contributed by atoms with E-state index in [1.165, 1.54) is 0 Å². The SMILES string of the molecule is CCNc1nc(NCC2CCCO2)cc(C(F)(F)F)n1. The number of anilines is 2. The van der Waals surface area contributed by atoms with E-state index in [1.54, 1.807) is 6.92 Å². The largest absolute Gasteiger partial charge is 0.433 e. The van der Waals surface area contributed by atoms with Crippen LogP contribution in [0.2, 0.25) is 0 Å². The van der Waals surface area contributed by atoms with Gasteiger partial charge in [-0.25, -0.2) is 4.98 Å². The molecule has 2 heterocycles. The van der Waals surface area contributed by atoms with Crippen molar-refractivity contribution in [1.82, 2.24) is 9.97 Å². The van der Waals surface area contributed by atoms with Crippen LogP contribution in [0.15, 0.2) is 6.07 Å². The van der Waals surface area contributed by atoms with Crippen molar-refractivity contribution in [3.05, 3.63) is 11.8 Å². The van der Waals surface area contributed by atoms with Gasteiger partial charge >= 0.3 is 6.18 Å². The minimum Gasteiger partial charge on any atom is -0.376 e. The Labute approximate surface area is 114 Å². The Balaban J connectivity index is 2.11. The molecule has 1 aliphatic heterocycles. The molecule has 1 fully saturated rings. The molecule has 0 aliphatic carbocycles. The predicted molar refractivity (Wildman–Crippen MR) is 68.7 cm³/mol. The molecule has 1 aliphatic rings. The van der Waals surface area contributed by atoms with Gasteiger partial charge in [0.2, 0.25) is 5.95 Å². The third-order valence-electron chi connectivity index (χ3n) is 2.89. The molecule has 0 aromatic carbocycles. The van der Waals surface area contributed by atoms with Crippen molar-refractivity contribution in [2.24, 2.45) is 0 Å². The number of rotatable bonds is 5. The normalized spacial score (nSPS) is 19.1. The average molecular weight is 290 g/mol. The van der Waals surface area contributed by atoms with E-state index in [-0.39, 0.29) is 17.9 Å². The zero-order valence-corrected chi connectivity index (χ0v) is 11.1. The van der Waals surface area contributed by atoms with Crippen molar-refractivity contribution in [3.8, 4) is 0 Å². The van der Waals surface area contributed by atoms with Crippen LogP contribution in [0.1, 0.15) is 25.5 Å². The number of alkyl halides is 3. The molecule has 2 rings (SSSR count). The molecule has 20 heavy (non-hydrogen) atoms. The Morgan fingerprint density at radius 1 is 1.35 bits per heavy atom. The van der Waals surface area contributed by atoms with E-state index in [1.807, 2.05) is 0 Å². The number of hydrogen-bond donors (Lipinski definition) is 2. The summed E-state index contributed by atoms with van der Waals surface area (Å²) in [5, 5.41) is 5.58. The summed E-state index contributed by atoms with van der Waals surface area (Å²) in [4.78, 5) is 7.46. The lowest BCUT2D eigenvalue weighted by molar-refractivity contribution is -0.141. The molecule has 0 saturated carbocycles. The highest BCUT2D eigenvalue weighted by Crippen LogP contribution is 2.29. The summed E-state index contributed by atoms with van der Waals surface area (Å²) in [7, 11) is 0. The van der Waals surface area contributed by atoms with Crippen LogP contribution in [0, 0.1) is 0 Å². The smallest absolute Gasteiger partial charge is 0.376 e. The van der Waals surface area contributed by atoms with Crippen molar-refractivity contribution < 1.29 is 17.9 Å². The second-order valence-electron chi connectivity index (χ2n) is 4.51. The summed E-state index contributed by atoms with van der Waals surface area (Å²) in [6, 6.07) is 0.912. The van der Waals surface area contributed by atoms with Gasteiger partial charge in [-0.2, -0.15) is 18.2 Å². The molecule has 1 aromatic rings. The van der Waals surface area contributed by atoms with Gasteiger partial charge in [0.1, 0.15) is 5.82 Å². The fraction of sp³-hybridized carbons (Fsp3) is 0.667. The molecule has 1 saturated heterocycles. The van der Waals surface area contributed by atoms with E-state index in [9.17, 15) is 13.2 Å². The molecule has 0 bridgehead atoms.